The third-order valence-corrected chi connectivity index (χ3v) is 6.84. The van der Waals surface area contributed by atoms with Crippen LogP contribution in [0.2, 0.25) is 0 Å². The van der Waals surface area contributed by atoms with E-state index in [9.17, 15) is 19.2 Å². The fourth-order valence-corrected chi connectivity index (χ4v) is 5.52. The summed E-state index contributed by atoms with van der Waals surface area (Å²) in [6, 6.07) is 1.86. The number of nitrogens with zero attached hydrogens (tertiary/aromatic N) is 2. The average molecular weight is 414 g/mol. The van der Waals surface area contributed by atoms with Crippen LogP contribution < -0.4 is 15.5 Å². The van der Waals surface area contributed by atoms with E-state index >= 15 is 4.39 Å². The number of halogens is 1. The summed E-state index contributed by atoms with van der Waals surface area (Å²) in [6.45, 7) is 1.75. The van der Waals surface area contributed by atoms with Crippen molar-refractivity contribution in [3.05, 3.63) is 29.1 Å². The molecule has 3 fully saturated rings. The second-order valence-electron chi connectivity index (χ2n) is 8.51. The molecule has 1 aromatic carbocycles. The standard InChI is InChI=1S/C21H23FN4O4/c22-15-5-11-9-25(16-3-4-19(29)24-21(16)30)20(18(28)10-27)14(11)6-17(15)26-12-1-2-13(26)8-23-7-12/h5-6,10,12-13,16,20,23H,1-4,7-9H2,(H,24,29,30). The number of Topliss-reactive ketones (excluding diaryl/α,β-unsaturated/α-hetero) is 1. The van der Waals surface area contributed by atoms with Crippen molar-refractivity contribution in [1.29, 1.82) is 0 Å². The molecule has 9 heteroatoms. The highest BCUT2D eigenvalue weighted by Gasteiger charge is 2.45. The van der Waals surface area contributed by atoms with Crippen molar-refractivity contribution in [3.63, 3.8) is 0 Å². The SMILES string of the molecule is O=CC(=O)C1c2cc(N3C4CCC3CNC4)c(F)cc2CN1C1CCC(=O)NC1=O. The number of fused-ring (bicyclic) bond motifs is 3. The highest BCUT2D eigenvalue weighted by Crippen LogP contribution is 2.42. The van der Waals surface area contributed by atoms with Crippen LogP contribution in [0.1, 0.15) is 42.9 Å². The van der Waals surface area contributed by atoms with Gasteiger partial charge in [0.15, 0.2) is 6.29 Å². The lowest BCUT2D eigenvalue weighted by Gasteiger charge is -2.37. The topological polar surface area (TPSA) is 98.8 Å². The van der Waals surface area contributed by atoms with Crippen LogP contribution in [0.4, 0.5) is 10.1 Å². The van der Waals surface area contributed by atoms with Crippen LogP contribution in [-0.2, 0) is 25.7 Å². The van der Waals surface area contributed by atoms with Gasteiger partial charge < -0.3 is 10.2 Å². The van der Waals surface area contributed by atoms with Gasteiger partial charge in [0.25, 0.3) is 0 Å². The van der Waals surface area contributed by atoms with Gasteiger partial charge >= 0.3 is 0 Å². The fourth-order valence-electron chi connectivity index (χ4n) is 5.52. The molecule has 5 rings (SSSR count). The van der Waals surface area contributed by atoms with Gasteiger partial charge in [0.2, 0.25) is 17.6 Å². The molecule has 0 spiro atoms. The number of carbonyl (C=O) groups excluding carboxylic acids is 4. The molecular weight excluding hydrogens is 391 g/mol. The minimum Gasteiger partial charge on any atom is -0.361 e. The molecule has 0 radical (unpaired) electrons. The molecule has 1 aromatic rings. The molecular formula is C21H23FN4O4. The van der Waals surface area contributed by atoms with Gasteiger partial charge in [-0.25, -0.2) is 4.39 Å². The molecule has 8 nitrogen and oxygen atoms in total. The Kier molecular flexibility index (Phi) is 4.67. The minimum absolute atomic E-state index is 0.162. The quantitative estimate of drug-likeness (QED) is 0.412. The number of carbonyl (C=O) groups is 4. The summed E-state index contributed by atoms with van der Waals surface area (Å²) in [5.74, 6) is -1.85. The maximum absolute atomic E-state index is 15.2. The number of piperidine rings is 1. The second kappa shape index (κ2) is 7.24. The van der Waals surface area contributed by atoms with Crippen LogP contribution in [-0.4, -0.2) is 60.0 Å². The zero-order valence-electron chi connectivity index (χ0n) is 16.4. The summed E-state index contributed by atoms with van der Waals surface area (Å²) < 4.78 is 15.2. The zero-order valence-corrected chi connectivity index (χ0v) is 16.4. The summed E-state index contributed by atoms with van der Waals surface area (Å²) in [5.41, 5.74) is 1.63. The summed E-state index contributed by atoms with van der Waals surface area (Å²) in [6.07, 6.45) is 2.64. The molecule has 4 atom stereocenters. The lowest BCUT2D eigenvalue weighted by molar-refractivity contribution is -0.141. The van der Waals surface area contributed by atoms with Gasteiger partial charge in [-0.15, -0.1) is 0 Å². The molecule has 2 bridgehead atoms. The van der Waals surface area contributed by atoms with Crippen LogP contribution in [0.25, 0.3) is 0 Å². The molecule has 2 N–H and O–H groups in total. The van der Waals surface area contributed by atoms with Crippen molar-refractivity contribution < 1.29 is 23.6 Å². The number of piperazine rings is 1. The molecule has 0 saturated carbocycles. The number of imide groups is 1. The van der Waals surface area contributed by atoms with Gasteiger partial charge in [-0.3, -0.25) is 29.4 Å². The van der Waals surface area contributed by atoms with Crippen LogP contribution in [0.5, 0.6) is 0 Å². The van der Waals surface area contributed by atoms with E-state index in [-0.39, 0.29) is 49.5 Å². The summed E-state index contributed by atoms with van der Waals surface area (Å²) in [5, 5.41) is 5.66. The number of hydrogen-bond acceptors (Lipinski definition) is 7. The Morgan fingerprint density at radius 1 is 1.13 bits per heavy atom. The summed E-state index contributed by atoms with van der Waals surface area (Å²) in [7, 11) is 0. The smallest absolute Gasteiger partial charge is 0.243 e. The first kappa shape index (κ1) is 19.3. The molecule has 3 saturated heterocycles. The number of hydrogen-bond donors (Lipinski definition) is 2. The first-order valence-electron chi connectivity index (χ1n) is 10.4. The number of ketones is 1. The van der Waals surface area contributed by atoms with Crippen LogP contribution in [0, 0.1) is 5.82 Å². The third kappa shape index (κ3) is 2.95. The fraction of sp³-hybridized carbons (Fsp3) is 0.524. The molecule has 158 valence electrons. The predicted molar refractivity (Wildman–Crippen MR) is 104 cm³/mol. The lowest BCUT2D eigenvalue weighted by Crippen LogP contribution is -2.53. The maximum Gasteiger partial charge on any atom is 0.243 e. The van der Waals surface area contributed by atoms with Crippen molar-refractivity contribution in [2.75, 3.05) is 18.0 Å². The highest BCUT2D eigenvalue weighted by atomic mass is 19.1. The van der Waals surface area contributed by atoms with Crippen LogP contribution >= 0.6 is 0 Å². The first-order valence-corrected chi connectivity index (χ1v) is 10.4. The minimum atomic E-state index is -0.943. The number of anilines is 1. The van der Waals surface area contributed by atoms with E-state index in [1.54, 1.807) is 11.0 Å². The van der Waals surface area contributed by atoms with E-state index in [1.807, 2.05) is 0 Å². The van der Waals surface area contributed by atoms with E-state index < -0.39 is 23.8 Å². The normalized spacial score (nSPS) is 30.9. The largest absolute Gasteiger partial charge is 0.361 e. The van der Waals surface area contributed by atoms with Crippen molar-refractivity contribution >= 4 is 29.6 Å². The van der Waals surface area contributed by atoms with Gasteiger partial charge in [-0.1, -0.05) is 0 Å². The molecule has 4 heterocycles. The molecule has 0 aromatic heterocycles. The molecule has 4 aliphatic heterocycles. The Hall–Kier alpha value is -2.65. The van der Waals surface area contributed by atoms with E-state index in [1.165, 1.54) is 6.07 Å². The Bertz CT molecular complexity index is 935. The maximum atomic E-state index is 15.2. The van der Waals surface area contributed by atoms with E-state index in [2.05, 4.69) is 15.5 Å². The Balaban J connectivity index is 1.53. The molecule has 2 amide bonds. The van der Waals surface area contributed by atoms with Gasteiger partial charge in [0, 0.05) is 38.1 Å². The molecule has 0 aliphatic carbocycles. The monoisotopic (exact) mass is 414 g/mol. The number of benzene rings is 1. The van der Waals surface area contributed by atoms with Crippen LogP contribution in [0.3, 0.4) is 0 Å². The predicted octanol–water partition coefficient (Wildman–Crippen LogP) is 0.196. The van der Waals surface area contributed by atoms with Gasteiger partial charge in [-0.2, -0.15) is 0 Å². The van der Waals surface area contributed by atoms with E-state index in [0.29, 0.717) is 16.8 Å². The van der Waals surface area contributed by atoms with Gasteiger partial charge in [0.05, 0.1) is 11.7 Å². The number of aldehydes is 1. The Labute approximate surface area is 172 Å². The lowest BCUT2D eigenvalue weighted by atomic mass is 9.97. The number of nitrogens with one attached hydrogen (secondary N) is 2. The molecule has 4 unspecified atom stereocenters. The second-order valence-corrected chi connectivity index (χ2v) is 8.51. The Morgan fingerprint density at radius 3 is 2.53 bits per heavy atom. The van der Waals surface area contributed by atoms with Gasteiger partial charge in [-0.05, 0) is 42.5 Å². The molecule has 30 heavy (non-hydrogen) atoms. The van der Waals surface area contributed by atoms with Crippen molar-refractivity contribution in [2.45, 2.75) is 56.4 Å². The third-order valence-electron chi connectivity index (χ3n) is 6.84. The number of amides is 2. The zero-order chi connectivity index (χ0) is 21.0. The van der Waals surface area contributed by atoms with E-state index in [4.69, 9.17) is 0 Å². The van der Waals surface area contributed by atoms with Crippen molar-refractivity contribution in [2.24, 2.45) is 0 Å². The van der Waals surface area contributed by atoms with Gasteiger partial charge in [0.1, 0.15) is 11.9 Å². The van der Waals surface area contributed by atoms with Crippen LogP contribution in [0.15, 0.2) is 12.1 Å². The van der Waals surface area contributed by atoms with Crippen molar-refractivity contribution in [3.8, 4) is 0 Å². The summed E-state index contributed by atoms with van der Waals surface area (Å²) >= 11 is 0. The number of rotatable bonds is 4. The van der Waals surface area contributed by atoms with E-state index in [0.717, 1.165) is 25.9 Å². The average Bonchev–Trinajstić information content (AvgIpc) is 3.19. The highest BCUT2D eigenvalue weighted by molar-refractivity contribution is 6.27. The van der Waals surface area contributed by atoms with Crippen molar-refractivity contribution in [1.82, 2.24) is 15.5 Å². The first-order chi connectivity index (χ1) is 14.5. The summed E-state index contributed by atoms with van der Waals surface area (Å²) in [4.78, 5) is 51.7. The molecule has 4 aliphatic rings. The Morgan fingerprint density at radius 2 is 1.87 bits per heavy atom.